The van der Waals surface area contributed by atoms with Crippen LogP contribution in [0.25, 0.3) is 0 Å². The van der Waals surface area contributed by atoms with E-state index in [1.807, 2.05) is 45.9 Å². The van der Waals surface area contributed by atoms with Crippen molar-refractivity contribution in [1.82, 2.24) is 4.57 Å². The van der Waals surface area contributed by atoms with Gasteiger partial charge in [-0.1, -0.05) is 60.7 Å². The molecule has 0 atom stereocenters. The van der Waals surface area contributed by atoms with Gasteiger partial charge in [0.25, 0.3) is 5.56 Å². The molecule has 0 fully saturated rings. The number of hydrogen-bond donors (Lipinski definition) is 1. The molecule has 5 heteroatoms. The Kier molecular flexibility index (Phi) is 15.3. The predicted molar refractivity (Wildman–Crippen MR) is 110 cm³/mol. The van der Waals surface area contributed by atoms with Crippen LogP contribution in [0.3, 0.4) is 0 Å². The molecule has 0 saturated carbocycles. The van der Waals surface area contributed by atoms with Gasteiger partial charge < -0.3 is 5.11 Å². The summed E-state index contributed by atoms with van der Waals surface area (Å²) in [7, 11) is 1.51. The lowest BCUT2D eigenvalue weighted by Gasteiger charge is -2.09. The van der Waals surface area contributed by atoms with Crippen molar-refractivity contribution in [3.63, 3.8) is 0 Å². The van der Waals surface area contributed by atoms with Crippen LogP contribution in [0, 0.1) is 13.8 Å². The molecule has 0 bridgehead atoms. The summed E-state index contributed by atoms with van der Waals surface area (Å²) >= 11 is 0. The van der Waals surface area contributed by atoms with Crippen molar-refractivity contribution in [2.24, 2.45) is 17.3 Å². The summed E-state index contributed by atoms with van der Waals surface area (Å²) in [5.41, 5.74) is 1.83. The van der Waals surface area contributed by atoms with E-state index in [1.54, 1.807) is 26.0 Å². The summed E-state index contributed by atoms with van der Waals surface area (Å²) in [6.45, 7) is 11.5. The van der Waals surface area contributed by atoms with Crippen molar-refractivity contribution in [2.75, 3.05) is 0 Å². The van der Waals surface area contributed by atoms with E-state index in [0.717, 1.165) is 0 Å². The number of aromatic nitrogens is 1. The Morgan fingerprint density at radius 3 is 1.84 bits per heavy atom. The second-order valence-electron chi connectivity index (χ2n) is 4.32. The molecule has 2 rings (SSSR count). The van der Waals surface area contributed by atoms with Crippen LogP contribution in [0.15, 0.2) is 45.4 Å². The molecule has 0 unspecified atom stereocenters. The summed E-state index contributed by atoms with van der Waals surface area (Å²) in [6.07, 6.45) is 0. The van der Waals surface area contributed by atoms with Gasteiger partial charge in [0.05, 0.1) is 5.69 Å². The Balaban J connectivity index is -0.000000752. The predicted octanol–water partition coefficient (Wildman–Crippen LogP) is 6.45. The number of pyridine rings is 1. The van der Waals surface area contributed by atoms with Gasteiger partial charge in [-0.2, -0.15) is 5.11 Å². The highest BCUT2D eigenvalue weighted by atomic mass is 16.3. The molecule has 2 aromatic rings. The highest BCUT2D eigenvalue weighted by Crippen LogP contribution is 2.25. The van der Waals surface area contributed by atoms with Gasteiger partial charge in [0, 0.05) is 12.6 Å². The maximum absolute atomic E-state index is 12.0. The second-order valence-corrected chi connectivity index (χ2v) is 4.32. The van der Waals surface area contributed by atoms with Crippen molar-refractivity contribution in [2.45, 2.75) is 56.4 Å². The van der Waals surface area contributed by atoms with Crippen molar-refractivity contribution in [3.05, 3.63) is 51.8 Å². The second kappa shape index (κ2) is 14.0. The van der Waals surface area contributed by atoms with E-state index in [9.17, 15) is 9.90 Å². The number of benzene rings is 1. The lowest BCUT2D eigenvalue weighted by atomic mass is 10.1. The quantitative estimate of drug-likeness (QED) is 0.633. The van der Waals surface area contributed by atoms with Crippen LogP contribution in [0.4, 0.5) is 11.4 Å². The van der Waals surface area contributed by atoms with Crippen LogP contribution in [-0.2, 0) is 7.05 Å². The zero-order chi connectivity index (χ0) is 18.0. The average Bonchev–Trinajstić information content (AvgIpc) is 2.62. The molecular weight excluding hydrogens is 314 g/mol. The number of rotatable bonds is 2. The molecule has 5 nitrogen and oxygen atoms in total. The lowest BCUT2D eigenvalue weighted by molar-refractivity contribution is 0.418. The monoisotopic (exact) mass is 349 g/mol. The summed E-state index contributed by atoms with van der Waals surface area (Å²) in [5, 5.41) is 17.8. The molecule has 0 spiro atoms. The van der Waals surface area contributed by atoms with Gasteiger partial charge in [-0.25, -0.2) is 0 Å². The first-order valence-corrected chi connectivity index (χ1v) is 7.88. The molecular formula is C20H35N3O2. The lowest BCUT2D eigenvalue weighted by Crippen LogP contribution is -2.18. The van der Waals surface area contributed by atoms with Crippen LogP contribution in [0.2, 0.25) is 0 Å². The molecule has 0 saturated heterocycles. The first-order valence-electron chi connectivity index (χ1n) is 7.88. The third-order valence-electron chi connectivity index (χ3n) is 3.10. The Hall–Kier alpha value is -2.43. The molecule has 0 radical (unpaired) electrons. The molecule has 142 valence electrons. The van der Waals surface area contributed by atoms with Crippen molar-refractivity contribution >= 4 is 11.4 Å². The Morgan fingerprint density at radius 2 is 1.36 bits per heavy atom. The summed E-state index contributed by atoms with van der Waals surface area (Å²) < 4.78 is 1.17. The van der Waals surface area contributed by atoms with Gasteiger partial charge in [-0.05, 0) is 31.5 Å². The maximum Gasteiger partial charge on any atom is 0.281 e. The van der Waals surface area contributed by atoms with E-state index in [4.69, 9.17) is 0 Å². The number of azo groups is 1. The third-order valence-corrected chi connectivity index (χ3v) is 3.10. The topological polar surface area (TPSA) is 67.0 Å². The fourth-order valence-corrected chi connectivity index (χ4v) is 1.73. The van der Waals surface area contributed by atoms with Crippen molar-refractivity contribution in [1.29, 1.82) is 0 Å². The average molecular weight is 350 g/mol. The van der Waals surface area contributed by atoms with Gasteiger partial charge in [-0.3, -0.25) is 9.36 Å². The first kappa shape index (κ1) is 27.4. The smallest absolute Gasteiger partial charge is 0.281 e. The molecule has 1 N–H and O–H groups in total. The van der Waals surface area contributed by atoms with Gasteiger partial charge in [0.2, 0.25) is 0 Å². The van der Waals surface area contributed by atoms with Gasteiger partial charge in [-0.15, -0.1) is 5.11 Å². The third kappa shape index (κ3) is 6.91. The van der Waals surface area contributed by atoms with Crippen LogP contribution in [0.1, 0.15) is 53.7 Å². The Bertz CT molecular complexity index is 690. The van der Waals surface area contributed by atoms with Gasteiger partial charge in [0.1, 0.15) is 0 Å². The minimum absolute atomic E-state index is 0. The fraction of sp³-hybridized carbons (Fsp3) is 0.450. The maximum atomic E-state index is 12.0. The van der Waals surface area contributed by atoms with E-state index < -0.39 is 0 Å². The molecule has 0 aliphatic heterocycles. The molecule has 25 heavy (non-hydrogen) atoms. The van der Waals surface area contributed by atoms with Crippen molar-refractivity contribution in [3.8, 4) is 5.88 Å². The molecule has 1 aromatic heterocycles. The minimum Gasteiger partial charge on any atom is -0.494 e. The summed E-state index contributed by atoms with van der Waals surface area (Å²) in [6, 6.07) is 9.18. The van der Waals surface area contributed by atoms with E-state index in [2.05, 4.69) is 10.2 Å². The molecule has 1 aromatic carbocycles. The Morgan fingerprint density at radius 1 is 0.880 bits per heavy atom. The summed E-state index contributed by atoms with van der Waals surface area (Å²) in [5.74, 6) is -0.0406. The van der Waals surface area contributed by atoms with E-state index >= 15 is 0 Å². The minimum atomic E-state index is -0.361. The number of hydrogen-bond acceptors (Lipinski definition) is 4. The van der Waals surface area contributed by atoms with E-state index in [-0.39, 0.29) is 32.0 Å². The van der Waals surface area contributed by atoms with Gasteiger partial charge >= 0.3 is 0 Å². The van der Waals surface area contributed by atoms with Crippen LogP contribution in [-0.4, -0.2) is 9.67 Å². The summed E-state index contributed by atoms with van der Waals surface area (Å²) in [4.78, 5) is 12.0. The zero-order valence-corrected chi connectivity index (χ0v) is 15.1. The highest BCUT2D eigenvalue weighted by Gasteiger charge is 2.13. The van der Waals surface area contributed by atoms with Crippen LogP contribution < -0.4 is 5.56 Å². The fourth-order valence-electron chi connectivity index (χ4n) is 1.73. The Labute approximate surface area is 153 Å². The molecule has 1 heterocycles. The first-order chi connectivity index (χ1) is 11.0. The van der Waals surface area contributed by atoms with E-state index in [0.29, 0.717) is 16.8 Å². The van der Waals surface area contributed by atoms with Gasteiger partial charge in [0.15, 0.2) is 11.6 Å². The normalized spacial score (nSPS) is 8.92. The van der Waals surface area contributed by atoms with Crippen LogP contribution >= 0.6 is 0 Å². The van der Waals surface area contributed by atoms with Crippen LogP contribution in [0.5, 0.6) is 5.88 Å². The largest absolute Gasteiger partial charge is 0.494 e. The number of aromatic hydroxyl groups is 1. The standard InChI is InChI=1S/C14H15N3O2.2C2H6.2CH4/c1-9-10(2)13(18)17(3)14(19)12(9)16-15-11-7-5-4-6-8-11;2*1-2;;/h4-8,18H,1-3H3;2*1-2H3;2*1H4. The van der Waals surface area contributed by atoms with Crippen molar-refractivity contribution < 1.29 is 5.11 Å². The number of nitrogens with zero attached hydrogens (tertiary/aromatic N) is 3. The molecule has 0 amide bonds. The molecule has 0 aliphatic carbocycles. The van der Waals surface area contributed by atoms with E-state index in [1.165, 1.54) is 11.6 Å². The molecule has 0 aliphatic rings. The zero-order valence-electron chi connectivity index (χ0n) is 15.1. The highest BCUT2D eigenvalue weighted by molar-refractivity contribution is 5.51. The SMILES string of the molecule is C.C.CC.CC.Cc1c(C)c(O)n(C)c(=O)c1N=Nc1ccccc1.